The average Bonchev–Trinajstić information content (AvgIpc) is 2.71. The second kappa shape index (κ2) is 8.44. The molecule has 0 unspecified atom stereocenters. The van der Waals surface area contributed by atoms with Gasteiger partial charge in [-0.2, -0.15) is 0 Å². The van der Waals surface area contributed by atoms with Crippen LogP contribution < -0.4 is 5.56 Å². The molecule has 2 aromatic rings. The third-order valence-corrected chi connectivity index (χ3v) is 6.85. The Morgan fingerprint density at radius 1 is 1.17 bits per heavy atom. The second-order valence-electron chi connectivity index (χ2n) is 6.46. The number of benzene rings is 1. The zero-order valence-electron chi connectivity index (χ0n) is 15.6. The molecule has 9 nitrogen and oxygen atoms in total. The quantitative estimate of drug-likeness (QED) is 0.762. The molecule has 0 saturated carbocycles. The summed E-state index contributed by atoms with van der Waals surface area (Å²) < 4.78 is 30.7. The van der Waals surface area contributed by atoms with Gasteiger partial charge in [0.25, 0.3) is 10.0 Å². The van der Waals surface area contributed by atoms with E-state index in [4.69, 9.17) is 11.6 Å². The zero-order valence-corrected chi connectivity index (χ0v) is 17.2. The molecule has 0 aliphatic carbocycles. The van der Waals surface area contributed by atoms with E-state index in [0.717, 1.165) is 6.20 Å². The molecule has 0 bridgehead atoms. The number of carbonyl (C=O) groups is 1. The summed E-state index contributed by atoms with van der Waals surface area (Å²) >= 11 is 5.95. The monoisotopic (exact) mass is 441 g/mol. The number of hydrogen-bond donors (Lipinski definition) is 1. The fourth-order valence-electron chi connectivity index (χ4n) is 3.08. The van der Waals surface area contributed by atoms with Gasteiger partial charge in [0.2, 0.25) is 0 Å². The summed E-state index contributed by atoms with van der Waals surface area (Å²) in [5.74, 6) is -0.640. The Bertz CT molecular complexity index is 1080. The van der Waals surface area contributed by atoms with Crippen LogP contribution in [-0.4, -0.2) is 66.7 Å². The van der Waals surface area contributed by atoms with Gasteiger partial charge in [0.1, 0.15) is 4.90 Å². The highest BCUT2D eigenvalue weighted by Crippen LogP contribution is 2.23. The number of methoxy groups -OCH3 is 1. The molecular weight excluding hydrogens is 422 g/mol. The molecule has 0 atom stereocenters. The van der Waals surface area contributed by atoms with Crippen LogP contribution in [-0.2, 0) is 21.3 Å². The highest BCUT2D eigenvalue weighted by molar-refractivity contribution is 7.90. The smallest absolute Gasteiger partial charge is 0.409 e. The van der Waals surface area contributed by atoms with Crippen LogP contribution in [0.25, 0.3) is 0 Å². The minimum absolute atomic E-state index is 0.0218. The lowest BCUT2D eigenvalue weighted by Gasteiger charge is -2.33. The van der Waals surface area contributed by atoms with E-state index in [2.05, 4.69) is 4.74 Å². The van der Waals surface area contributed by atoms with Gasteiger partial charge in [0.05, 0.1) is 12.1 Å². The first-order valence-corrected chi connectivity index (χ1v) is 10.6. The highest BCUT2D eigenvalue weighted by Gasteiger charge is 2.25. The molecule has 1 fully saturated rings. The van der Waals surface area contributed by atoms with Gasteiger partial charge < -0.3 is 14.7 Å². The van der Waals surface area contributed by atoms with Crippen LogP contribution in [0.5, 0.6) is 5.75 Å². The molecule has 1 saturated heterocycles. The predicted molar refractivity (Wildman–Crippen MR) is 106 cm³/mol. The van der Waals surface area contributed by atoms with E-state index in [1.807, 2.05) is 4.90 Å². The summed E-state index contributed by atoms with van der Waals surface area (Å²) in [7, 11) is -2.93. The average molecular weight is 442 g/mol. The van der Waals surface area contributed by atoms with Crippen molar-refractivity contribution < 1.29 is 23.1 Å². The molecule has 1 N–H and O–H groups in total. The maximum Gasteiger partial charge on any atom is 0.409 e. The minimum Gasteiger partial charge on any atom is -0.503 e. The third-order valence-electron chi connectivity index (χ3n) is 4.69. The second-order valence-corrected chi connectivity index (χ2v) is 8.65. The molecule has 0 radical (unpaired) electrons. The van der Waals surface area contributed by atoms with Crippen molar-refractivity contribution in [3.63, 3.8) is 0 Å². The molecule has 156 valence electrons. The van der Waals surface area contributed by atoms with Crippen molar-refractivity contribution in [3.8, 4) is 5.75 Å². The Morgan fingerprint density at radius 2 is 1.83 bits per heavy atom. The molecule has 3 rings (SSSR count). The SMILES string of the molecule is COC(=O)N1CCN(Cc2ccn(S(=O)(=O)c3ccccc3Cl)c(=O)c2O)CC1. The first-order valence-electron chi connectivity index (χ1n) is 8.74. The molecule has 1 amide bonds. The number of halogens is 1. The first kappa shape index (κ1) is 21.2. The lowest BCUT2D eigenvalue weighted by Crippen LogP contribution is -2.48. The van der Waals surface area contributed by atoms with E-state index in [9.17, 15) is 23.1 Å². The van der Waals surface area contributed by atoms with Crippen molar-refractivity contribution in [3.05, 3.63) is 57.5 Å². The maximum absolute atomic E-state index is 12.8. The number of amides is 1. The maximum atomic E-state index is 12.8. The number of hydrogen-bond acceptors (Lipinski definition) is 7. The summed E-state index contributed by atoms with van der Waals surface area (Å²) in [6.07, 6.45) is 0.709. The lowest BCUT2D eigenvalue weighted by molar-refractivity contribution is 0.0886. The number of nitrogens with zero attached hydrogens (tertiary/aromatic N) is 3. The van der Waals surface area contributed by atoms with Crippen LogP contribution in [0.4, 0.5) is 4.79 Å². The topological polar surface area (TPSA) is 109 Å². The van der Waals surface area contributed by atoms with Gasteiger partial charge in [0, 0.05) is 44.5 Å². The van der Waals surface area contributed by atoms with Gasteiger partial charge in [-0.1, -0.05) is 23.7 Å². The zero-order chi connectivity index (χ0) is 21.2. The number of piperazine rings is 1. The molecule has 11 heteroatoms. The fraction of sp³-hybridized carbons (Fsp3) is 0.333. The van der Waals surface area contributed by atoms with Crippen LogP contribution in [0.15, 0.2) is 46.2 Å². The van der Waals surface area contributed by atoms with Crippen molar-refractivity contribution in [1.29, 1.82) is 0 Å². The molecular formula is C18H20ClN3O6S. The molecule has 1 aromatic carbocycles. The van der Waals surface area contributed by atoms with E-state index in [0.29, 0.717) is 35.7 Å². The van der Waals surface area contributed by atoms with Crippen LogP contribution in [0.2, 0.25) is 5.02 Å². The number of carbonyl (C=O) groups excluding carboxylic acids is 1. The third kappa shape index (κ3) is 4.24. The minimum atomic E-state index is -4.25. The normalized spacial score (nSPS) is 15.3. The summed E-state index contributed by atoms with van der Waals surface area (Å²) in [5.41, 5.74) is -0.747. The fourth-order valence-corrected chi connectivity index (χ4v) is 4.81. The highest BCUT2D eigenvalue weighted by atomic mass is 35.5. The van der Waals surface area contributed by atoms with Crippen LogP contribution in [0, 0.1) is 0 Å². The predicted octanol–water partition coefficient (Wildman–Crippen LogP) is 1.33. The Labute approximate surface area is 172 Å². The van der Waals surface area contributed by atoms with E-state index >= 15 is 0 Å². The van der Waals surface area contributed by atoms with Gasteiger partial charge in [-0.05, 0) is 18.2 Å². The van der Waals surface area contributed by atoms with E-state index < -0.39 is 27.4 Å². The summed E-state index contributed by atoms with van der Waals surface area (Å²) in [6, 6.07) is 7.14. The first-order chi connectivity index (χ1) is 13.8. The molecule has 0 spiro atoms. The van der Waals surface area contributed by atoms with Gasteiger partial charge >= 0.3 is 11.7 Å². The van der Waals surface area contributed by atoms with Gasteiger partial charge in [0.15, 0.2) is 5.75 Å². The van der Waals surface area contributed by atoms with Crippen molar-refractivity contribution in [2.75, 3.05) is 33.3 Å². The van der Waals surface area contributed by atoms with Crippen molar-refractivity contribution in [2.24, 2.45) is 0 Å². The lowest BCUT2D eigenvalue weighted by atomic mass is 10.2. The van der Waals surface area contributed by atoms with Crippen LogP contribution in [0.3, 0.4) is 0 Å². The molecule has 1 aromatic heterocycles. The number of aromatic nitrogens is 1. The Kier molecular flexibility index (Phi) is 6.15. The number of aromatic hydroxyl groups is 1. The number of ether oxygens (including phenoxy) is 1. The molecule has 1 aliphatic heterocycles. The van der Waals surface area contributed by atoms with Crippen molar-refractivity contribution in [1.82, 2.24) is 13.8 Å². The Morgan fingerprint density at radius 3 is 2.45 bits per heavy atom. The number of rotatable bonds is 4. The van der Waals surface area contributed by atoms with E-state index in [1.54, 1.807) is 11.0 Å². The van der Waals surface area contributed by atoms with E-state index in [-0.39, 0.29) is 16.5 Å². The largest absolute Gasteiger partial charge is 0.503 e. The van der Waals surface area contributed by atoms with Crippen molar-refractivity contribution in [2.45, 2.75) is 11.4 Å². The van der Waals surface area contributed by atoms with Gasteiger partial charge in [-0.25, -0.2) is 17.2 Å². The van der Waals surface area contributed by atoms with Crippen LogP contribution >= 0.6 is 11.6 Å². The van der Waals surface area contributed by atoms with Crippen LogP contribution in [0.1, 0.15) is 5.56 Å². The Hall–Kier alpha value is -2.56. The molecule has 2 heterocycles. The van der Waals surface area contributed by atoms with Crippen molar-refractivity contribution >= 4 is 27.7 Å². The van der Waals surface area contributed by atoms with E-state index in [1.165, 1.54) is 31.4 Å². The summed E-state index contributed by atoms with van der Waals surface area (Å²) in [4.78, 5) is 27.4. The summed E-state index contributed by atoms with van der Waals surface area (Å²) in [5, 5.41) is 10.3. The molecule has 29 heavy (non-hydrogen) atoms. The van der Waals surface area contributed by atoms with Gasteiger partial charge in [-0.15, -0.1) is 0 Å². The Balaban J connectivity index is 1.82. The standard InChI is InChI=1S/C18H20ClN3O6S/c1-28-18(25)21-10-8-20(9-11-21)12-13-6-7-22(17(24)16(13)23)29(26,27)15-5-3-2-4-14(15)19/h2-7,23H,8-12H2,1H3. The molecule has 1 aliphatic rings. The van der Waals surface area contributed by atoms with Gasteiger partial charge in [-0.3, -0.25) is 9.69 Å². The number of pyridine rings is 1. The summed E-state index contributed by atoms with van der Waals surface area (Å²) in [6.45, 7) is 2.19.